The number of thioether (sulfide) groups is 1. The lowest BCUT2D eigenvalue weighted by atomic mass is 10.0. The van der Waals surface area contributed by atoms with Gasteiger partial charge in [-0.3, -0.25) is 14.5 Å². The zero-order valence-electron chi connectivity index (χ0n) is 16.5. The normalized spacial score (nSPS) is 20.8. The van der Waals surface area contributed by atoms with Gasteiger partial charge in [-0.15, -0.1) is 23.1 Å². The van der Waals surface area contributed by atoms with Crippen molar-refractivity contribution in [3.63, 3.8) is 0 Å². The maximum atomic E-state index is 12.8. The average molecular weight is 476 g/mol. The number of hydrogen-bond acceptors (Lipinski definition) is 10. The Hall–Kier alpha value is -3.58. The van der Waals surface area contributed by atoms with Gasteiger partial charge in [-0.1, -0.05) is 11.2 Å². The number of carbonyl (C=O) groups is 3. The van der Waals surface area contributed by atoms with E-state index in [9.17, 15) is 19.5 Å². The lowest BCUT2D eigenvalue weighted by Gasteiger charge is -2.49. The fraction of sp³-hybridized carbons (Fsp3) is 0.211. The van der Waals surface area contributed by atoms with Crippen molar-refractivity contribution in [3.05, 3.63) is 52.6 Å². The molecule has 4 rings (SSSR count). The number of β-lactam (4-membered cyclic amide) rings is 1. The molecule has 13 heteroatoms. The molecule has 0 bridgehead atoms. The van der Waals surface area contributed by atoms with E-state index in [-0.39, 0.29) is 22.2 Å². The van der Waals surface area contributed by atoms with Crippen LogP contribution in [0.25, 0.3) is 6.08 Å². The van der Waals surface area contributed by atoms with Crippen LogP contribution in [-0.4, -0.2) is 62.8 Å². The van der Waals surface area contributed by atoms with Crippen molar-refractivity contribution in [1.29, 1.82) is 0 Å². The van der Waals surface area contributed by atoms with E-state index in [0.29, 0.717) is 17.1 Å². The molecule has 4 N–H and O–H groups in total. The molecule has 0 spiro atoms. The van der Waals surface area contributed by atoms with E-state index < -0.39 is 29.2 Å². The Kier molecular flexibility index (Phi) is 6.01. The summed E-state index contributed by atoms with van der Waals surface area (Å²) in [5, 5.41) is 17.2. The van der Waals surface area contributed by atoms with Crippen LogP contribution in [-0.2, 0) is 19.2 Å². The summed E-state index contributed by atoms with van der Waals surface area (Å²) < 4.78 is 5.22. The highest BCUT2D eigenvalue weighted by Gasteiger charge is 2.54. The Balaban J connectivity index is 1.53. The number of aromatic nitrogens is 1. The summed E-state index contributed by atoms with van der Waals surface area (Å²) in [6.45, 7) is 0. The topological polar surface area (TPSA) is 160 Å². The molecule has 166 valence electrons. The predicted octanol–water partition coefficient (Wildman–Crippen LogP) is 1.12. The predicted molar refractivity (Wildman–Crippen MR) is 117 cm³/mol. The first-order valence-electron chi connectivity index (χ1n) is 9.16. The van der Waals surface area contributed by atoms with E-state index in [1.807, 2.05) is 0 Å². The maximum absolute atomic E-state index is 12.8. The largest absolute Gasteiger partial charge is 0.477 e. The van der Waals surface area contributed by atoms with Crippen LogP contribution in [0.3, 0.4) is 0 Å². The third-order valence-corrected chi connectivity index (χ3v) is 6.62. The van der Waals surface area contributed by atoms with Gasteiger partial charge in [0, 0.05) is 11.1 Å². The molecular weight excluding hydrogens is 458 g/mol. The number of carboxylic acids is 1. The summed E-state index contributed by atoms with van der Waals surface area (Å²) in [5.74, 6) is -1.55. The average Bonchev–Trinajstić information content (AvgIpc) is 3.45. The van der Waals surface area contributed by atoms with Crippen molar-refractivity contribution in [2.24, 2.45) is 5.16 Å². The van der Waals surface area contributed by atoms with Crippen LogP contribution in [0.5, 0.6) is 0 Å². The van der Waals surface area contributed by atoms with Crippen molar-refractivity contribution >= 4 is 57.8 Å². The lowest BCUT2D eigenvalue weighted by Crippen LogP contribution is -2.71. The second kappa shape index (κ2) is 8.88. The Labute approximate surface area is 189 Å². The minimum atomic E-state index is -1.23. The van der Waals surface area contributed by atoms with Crippen LogP contribution in [0.15, 0.2) is 50.7 Å². The van der Waals surface area contributed by atoms with Gasteiger partial charge in [-0.05, 0) is 23.8 Å². The van der Waals surface area contributed by atoms with Gasteiger partial charge in [0.1, 0.15) is 35.7 Å². The molecule has 2 aliphatic heterocycles. The van der Waals surface area contributed by atoms with Crippen LogP contribution in [0.1, 0.15) is 11.5 Å². The summed E-state index contributed by atoms with van der Waals surface area (Å²) in [4.78, 5) is 47.4. The van der Waals surface area contributed by atoms with E-state index in [1.54, 1.807) is 29.7 Å². The summed E-state index contributed by atoms with van der Waals surface area (Å²) in [5.41, 5.74) is 6.04. The second-order valence-corrected chi connectivity index (χ2v) is 8.58. The number of furan rings is 1. The Morgan fingerprint density at radius 3 is 2.91 bits per heavy atom. The van der Waals surface area contributed by atoms with Gasteiger partial charge in [0.15, 0.2) is 10.8 Å². The number of amides is 2. The highest BCUT2D eigenvalue weighted by atomic mass is 32.2. The zero-order valence-corrected chi connectivity index (χ0v) is 18.2. The van der Waals surface area contributed by atoms with Gasteiger partial charge in [0.2, 0.25) is 0 Å². The number of fused-ring (bicyclic) bond motifs is 1. The summed E-state index contributed by atoms with van der Waals surface area (Å²) in [6, 6.07) is 2.52. The number of nitrogens with zero attached hydrogens (tertiary/aromatic N) is 3. The summed E-state index contributed by atoms with van der Waals surface area (Å²) in [6.07, 6.45) is 4.75. The number of allylic oxidation sites excluding steroid dienone is 1. The number of hydrogen-bond donors (Lipinski definition) is 3. The zero-order chi connectivity index (χ0) is 22.8. The number of carboxylic acid groups (broad SMARTS) is 1. The summed E-state index contributed by atoms with van der Waals surface area (Å²) >= 11 is 2.47. The van der Waals surface area contributed by atoms with E-state index in [1.165, 1.54) is 30.0 Å². The van der Waals surface area contributed by atoms with E-state index in [0.717, 1.165) is 11.3 Å². The van der Waals surface area contributed by atoms with Gasteiger partial charge >= 0.3 is 5.97 Å². The molecule has 1 fully saturated rings. The fourth-order valence-electron chi connectivity index (χ4n) is 3.24. The van der Waals surface area contributed by atoms with Crippen molar-refractivity contribution in [3.8, 4) is 0 Å². The van der Waals surface area contributed by atoms with Crippen LogP contribution in [0, 0.1) is 0 Å². The molecule has 32 heavy (non-hydrogen) atoms. The highest BCUT2D eigenvalue weighted by molar-refractivity contribution is 8.00. The van der Waals surface area contributed by atoms with Gasteiger partial charge in [-0.2, -0.15) is 0 Å². The number of nitrogens with two attached hydrogens (primary N) is 1. The molecule has 0 saturated carbocycles. The lowest BCUT2D eigenvalue weighted by molar-refractivity contribution is -0.150. The summed E-state index contributed by atoms with van der Waals surface area (Å²) in [7, 11) is 1.28. The van der Waals surface area contributed by atoms with Crippen molar-refractivity contribution in [2.75, 3.05) is 18.6 Å². The Bertz CT molecular complexity index is 1150. The first kappa shape index (κ1) is 21.6. The first-order chi connectivity index (χ1) is 15.4. The van der Waals surface area contributed by atoms with Crippen LogP contribution in [0.2, 0.25) is 0 Å². The number of thiazole rings is 1. The molecule has 1 unspecified atom stereocenters. The highest BCUT2D eigenvalue weighted by Crippen LogP contribution is 2.40. The first-order valence-corrected chi connectivity index (χ1v) is 11.1. The molecule has 2 aromatic heterocycles. The standard InChI is InChI=1S/C19H17N5O6S2/c1-29-23-12(11-8-32-19(20)21-11)15(25)22-13-16(26)24-14(18(27)28)9(7-31-17(13)24)4-5-10-3-2-6-30-10/h2-6,8,13,17H,7H2,1H3,(H2,20,21)(H,22,25)(H,27,28)/b5-4+,23-12+/t13?,17-/m1/s1. The molecule has 11 nitrogen and oxygen atoms in total. The quantitative estimate of drug-likeness (QED) is 0.303. The number of rotatable bonds is 7. The monoisotopic (exact) mass is 475 g/mol. The number of nitrogens with one attached hydrogen (secondary N) is 1. The molecule has 4 heterocycles. The van der Waals surface area contributed by atoms with Crippen molar-refractivity contribution in [2.45, 2.75) is 11.4 Å². The second-order valence-electron chi connectivity index (χ2n) is 6.58. The third-order valence-electron chi connectivity index (χ3n) is 4.64. The fourth-order valence-corrected chi connectivity index (χ4v) is 5.11. The van der Waals surface area contributed by atoms with E-state index in [2.05, 4.69) is 15.5 Å². The molecule has 2 atom stereocenters. The van der Waals surface area contributed by atoms with Crippen molar-refractivity contribution < 1.29 is 28.7 Å². The smallest absolute Gasteiger partial charge is 0.352 e. The molecule has 1 saturated heterocycles. The molecule has 2 amide bonds. The minimum absolute atomic E-state index is 0.120. The number of carbonyl (C=O) groups excluding carboxylic acids is 2. The van der Waals surface area contributed by atoms with Crippen molar-refractivity contribution in [1.82, 2.24) is 15.2 Å². The van der Waals surface area contributed by atoms with E-state index in [4.69, 9.17) is 15.0 Å². The van der Waals surface area contributed by atoms with E-state index >= 15 is 0 Å². The van der Waals surface area contributed by atoms with Gasteiger partial charge in [-0.25, -0.2) is 9.78 Å². The van der Waals surface area contributed by atoms with Gasteiger partial charge in [0.25, 0.3) is 11.8 Å². The molecule has 0 aromatic carbocycles. The van der Waals surface area contributed by atoms with Crippen LogP contribution < -0.4 is 11.1 Å². The number of aliphatic carboxylic acids is 1. The third kappa shape index (κ3) is 3.99. The van der Waals surface area contributed by atoms with Gasteiger partial charge < -0.3 is 25.4 Å². The molecule has 2 aromatic rings. The Morgan fingerprint density at radius 1 is 1.47 bits per heavy atom. The number of nitrogen functional groups attached to an aromatic ring is 1. The van der Waals surface area contributed by atoms with Crippen LogP contribution >= 0.6 is 23.1 Å². The van der Waals surface area contributed by atoms with Crippen LogP contribution in [0.4, 0.5) is 5.13 Å². The molecule has 0 radical (unpaired) electrons. The SMILES string of the molecule is CO/N=C(/C(=O)NC1C(=O)N2C(C(=O)O)=C(/C=C/c3ccco3)CS[C@H]12)c1csc(N)n1. The minimum Gasteiger partial charge on any atom is -0.477 e. The molecular formula is C19H17N5O6S2. The number of anilines is 1. The maximum Gasteiger partial charge on any atom is 0.352 e. The number of oxime groups is 1. The molecule has 2 aliphatic rings. The Morgan fingerprint density at radius 2 is 2.28 bits per heavy atom. The molecule has 0 aliphatic carbocycles. The van der Waals surface area contributed by atoms with Gasteiger partial charge in [0.05, 0.1) is 6.26 Å².